The molecule has 0 atom stereocenters. The smallest absolute Gasteiger partial charge is 0.161 e. The maximum atomic E-state index is 10.1. The van der Waals surface area contributed by atoms with Crippen LogP contribution in [0.4, 0.5) is 5.69 Å². The number of nitrogens with zero attached hydrogens (tertiary/aromatic N) is 1. The lowest BCUT2D eigenvalue weighted by Crippen LogP contribution is -2.00. The zero-order chi connectivity index (χ0) is 22.8. The van der Waals surface area contributed by atoms with Crippen molar-refractivity contribution in [2.75, 3.05) is 13.7 Å². The number of benzene rings is 2. The number of rotatable bonds is 5. The van der Waals surface area contributed by atoms with Crippen molar-refractivity contribution in [3.05, 3.63) is 77.0 Å². The number of methoxy groups -OCH3 is 1. The molecule has 1 heterocycles. The third-order valence-corrected chi connectivity index (χ3v) is 5.41. The van der Waals surface area contributed by atoms with Gasteiger partial charge in [0.1, 0.15) is 17.3 Å². The third-order valence-electron chi connectivity index (χ3n) is 5.41. The monoisotopic (exact) mass is 429 g/mol. The first-order valence-electron chi connectivity index (χ1n) is 10.6. The summed E-state index contributed by atoms with van der Waals surface area (Å²) < 4.78 is 17.4. The minimum Gasteiger partial charge on any atom is -0.504 e. The summed E-state index contributed by atoms with van der Waals surface area (Å²) in [7, 11) is 1.54. The Hall–Kier alpha value is -3.73. The summed E-state index contributed by atoms with van der Waals surface area (Å²) in [6.45, 7) is 8.42. The Morgan fingerprint density at radius 1 is 0.875 bits per heavy atom. The van der Waals surface area contributed by atoms with Crippen molar-refractivity contribution in [2.24, 2.45) is 4.99 Å². The first kappa shape index (κ1) is 21.5. The molecule has 0 amide bonds. The summed E-state index contributed by atoms with van der Waals surface area (Å²) in [5.74, 6) is 2.80. The molecule has 0 spiro atoms. The van der Waals surface area contributed by atoms with Crippen LogP contribution in [0.2, 0.25) is 0 Å². The zero-order valence-electron chi connectivity index (χ0n) is 19.0. The average Bonchev–Trinajstić information content (AvgIpc) is 2.95. The van der Waals surface area contributed by atoms with Crippen molar-refractivity contribution in [1.82, 2.24) is 0 Å². The molecule has 4 aromatic rings. The Balaban J connectivity index is 2.13. The number of aromatic hydroxyl groups is 1. The van der Waals surface area contributed by atoms with E-state index in [-0.39, 0.29) is 5.75 Å². The molecule has 0 unspecified atom stereocenters. The molecule has 0 saturated carbocycles. The molecule has 0 radical (unpaired) electrons. The number of furan rings is 1. The van der Waals surface area contributed by atoms with Crippen LogP contribution in [0, 0.1) is 20.8 Å². The lowest BCUT2D eigenvalue weighted by Gasteiger charge is -2.07. The first-order chi connectivity index (χ1) is 15.4. The van der Waals surface area contributed by atoms with Gasteiger partial charge in [-0.3, -0.25) is 0 Å². The number of phenolic OH excluding ortho intramolecular Hbond substituents is 1. The third kappa shape index (κ3) is 4.06. The predicted molar refractivity (Wildman–Crippen MR) is 127 cm³/mol. The van der Waals surface area contributed by atoms with Gasteiger partial charge >= 0.3 is 0 Å². The molecule has 0 aliphatic heterocycles. The summed E-state index contributed by atoms with van der Waals surface area (Å²) in [6, 6.07) is 17.4. The molecule has 32 heavy (non-hydrogen) atoms. The van der Waals surface area contributed by atoms with E-state index < -0.39 is 0 Å². The summed E-state index contributed by atoms with van der Waals surface area (Å²) in [5.41, 5.74) is 3.78. The minimum atomic E-state index is 0.0931. The number of aryl methyl sites for hydroxylation is 3. The molecule has 0 aliphatic carbocycles. The normalized spacial score (nSPS) is 11.7. The number of hydrogen-bond acceptors (Lipinski definition) is 5. The number of ether oxygens (including phenoxy) is 2. The van der Waals surface area contributed by atoms with E-state index in [1.165, 1.54) is 7.11 Å². The topological polar surface area (TPSA) is 64.2 Å². The molecule has 1 N–H and O–H groups in total. The van der Waals surface area contributed by atoms with Crippen LogP contribution in [0.3, 0.4) is 0 Å². The highest BCUT2D eigenvalue weighted by molar-refractivity contribution is 5.93. The van der Waals surface area contributed by atoms with Crippen LogP contribution in [0.5, 0.6) is 17.2 Å². The fraction of sp³-hybridized carbons (Fsp3) is 0.222. The number of phenols is 1. The Kier molecular flexibility index (Phi) is 5.91. The lowest BCUT2D eigenvalue weighted by molar-refractivity contribution is 0.344. The van der Waals surface area contributed by atoms with Gasteiger partial charge in [-0.25, -0.2) is 4.99 Å². The standard InChI is InChI=1S/C27H27NO4/c1-6-31-25-15-20(19-10-11-23(29)24(14-19)30-5)13-22(26-17(3)32-18(4)27(25)26)28-21-9-7-8-16(2)12-21/h7-15,29H,6H2,1-5H3. The minimum absolute atomic E-state index is 0.0931. The summed E-state index contributed by atoms with van der Waals surface area (Å²) in [5, 5.41) is 12.7. The van der Waals surface area contributed by atoms with E-state index in [0.717, 1.165) is 55.8 Å². The molecule has 0 aliphatic rings. The van der Waals surface area contributed by atoms with Crippen LogP contribution in [0.1, 0.15) is 24.0 Å². The van der Waals surface area contributed by atoms with Crippen LogP contribution in [-0.4, -0.2) is 18.8 Å². The maximum absolute atomic E-state index is 10.1. The highest BCUT2D eigenvalue weighted by Crippen LogP contribution is 2.36. The molecule has 0 saturated heterocycles. The van der Waals surface area contributed by atoms with E-state index in [2.05, 4.69) is 0 Å². The van der Waals surface area contributed by atoms with Gasteiger partial charge in [0, 0.05) is 0 Å². The van der Waals surface area contributed by atoms with E-state index >= 15 is 0 Å². The predicted octanol–water partition coefficient (Wildman–Crippen LogP) is 6.37. The maximum Gasteiger partial charge on any atom is 0.161 e. The van der Waals surface area contributed by atoms with Crippen molar-refractivity contribution >= 4 is 16.5 Å². The fourth-order valence-corrected chi connectivity index (χ4v) is 3.98. The van der Waals surface area contributed by atoms with Crippen molar-refractivity contribution < 1.29 is 19.0 Å². The molecule has 1 aromatic heterocycles. The molecule has 4 rings (SSSR count). The number of hydrogen-bond donors (Lipinski definition) is 1. The lowest BCUT2D eigenvalue weighted by atomic mass is 10.1. The van der Waals surface area contributed by atoms with Crippen LogP contribution >= 0.6 is 0 Å². The molecule has 0 bridgehead atoms. The van der Waals surface area contributed by atoms with E-state index in [1.54, 1.807) is 6.07 Å². The van der Waals surface area contributed by atoms with Gasteiger partial charge in [-0.05, 0) is 80.8 Å². The Labute approximate surface area is 187 Å². The SMILES string of the molecule is CCOc1cc(-c2ccc(O)c(OC)c2)cc(=Nc2cccc(C)c2)c2c(C)oc(C)c12. The van der Waals surface area contributed by atoms with Gasteiger partial charge in [0.15, 0.2) is 11.5 Å². The second-order valence-corrected chi connectivity index (χ2v) is 7.73. The van der Waals surface area contributed by atoms with E-state index in [0.29, 0.717) is 12.4 Å². The van der Waals surface area contributed by atoms with Crippen LogP contribution < -0.4 is 14.8 Å². The van der Waals surface area contributed by atoms with Gasteiger partial charge in [0.05, 0.1) is 35.5 Å². The van der Waals surface area contributed by atoms with Gasteiger partial charge in [-0.2, -0.15) is 0 Å². The molecule has 0 fully saturated rings. The van der Waals surface area contributed by atoms with Crippen LogP contribution in [-0.2, 0) is 0 Å². The van der Waals surface area contributed by atoms with E-state index in [4.69, 9.17) is 18.9 Å². The molecule has 5 heteroatoms. The van der Waals surface area contributed by atoms with Crippen molar-refractivity contribution in [3.63, 3.8) is 0 Å². The van der Waals surface area contributed by atoms with E-state index in [9.17, 15) is 5.11 Å². The first-order valence-corrected chi connectivity index (χ1v) is 10.6. The summed E-state index contributed by atoms with van der Waals surface area (Å²) in [4.78, 5) is 5.00. The quantitative estimate of drug-likeness (QED) is 0.400. The molecular weight excluding hydrogens is 402 g/mol. The fourth-order valence-electron chi connectivity index (χ4n) is 3.98. The average molecular weight is 430 g/mol. The van der Waals surface area contributed by atoms with Gasteiger partial charge in [-0.1, -0.05) is 18.2 Å². The van der Waals surface area contributed by atoms with Crippen molar-refractivity contribution in [3.8, 4) is 28.4 Å². The van der Waals surface area contributed by atoms with Gasteiger partial charge in [0.2, 0.25) is 0 Å². The Morgan fingerprint density at radius 2 is 1.62 bits per heavy atom. The van der Waals surface area contributed by atoms with Crippen molar-refractivity contribution in [1.29, 1.82) is 0 Å². The zero-order valence-corrected chi connectivity index (χ0v) is 19.0. The van der Waals surface area contributed by atoms with Crippen LogP contribution in [0.25, 0.3) is 21.9 Å². The molecule has 5 nitrogen and oxygen atoms in total. The largest absolute Gasteiger partial charge is 0.504 e. The highest BCUT2D eigenvalue weighted by Gasteiger charge is 2.16. The Bertz CT molecular complexity index is 1370. The van der Waals surface area contributed by atoms with Gasteiger partial charge < -0.3 is 19.0 Å². The highest BCUT2D eigenvalue weighted by atomic mass is 16.5. The van der Waals surface area contributed by atoms with Gasteiger partial charge in [-0.15, -0.1) is 0 Å². The van der Waals surface area contributed by atoms with E-state index in [1.807, 2.05) is 76.2 Å². The second kappa shape index (κ2) is 8.79. The molecular formula is C27H27NO4. The summed E-state index contributed by atoms with van der Waals surface area (Å²) >= 11 is 0. The Morgan fingerprint density at radius 3 is 2.34 bits per heavy atom. The molecule has 164 valence electrons. The van der Waals surface area contributed by atoms with Crippen LogP contribution in [0.15, 0.2) is 64.0 Å². The number of fused-ring (bicyclic) bond motifs is 1. The summed E-state index contributed by atoms with van der Waals surface area (Å²) in [6.07, 6.45) is 0. The second-order valence-electron chi connectivity index (χ2n) is 7.73. The molecule has 3 aromatic carbocycles. The van der Waals surface area contributed by atoms with Gasteiger partial charge in [0.25, 0.3) is 0 Å². The van der Waals surface area contributed by atoms with Crippen molar-refractivity contribution in [2.45, 2.75) is 27.7 Å².